The fraction of sp³-hybridized carbons (Fsp3) is 0.333. The monoisotopic (exact) mass is 324 g/mol. The predicted molar refractivity (Wildman–Crippen MR) is 82.8 cm³/mol. The maximum atomic E-state index is 13.1. The van der Waals surface area contributed by atoms with Gasteiger partial charge in [-0.15, -0.1) is 0 Å². The number of carbonyl (C=O) groups excluding carboxylic acids is 2. The van der Waals surface area contributed by atoms with Crippen molar-refractivity contribution in [2.75, 3.05) is 18.6 Å². The fourth-order valence-electron chi connectivity index (χ4n) is 2.23. The molecule has 22 heavy (non-hydrogen) atoms. The Kier molecular flexibility index (Phi) is 5.43. The Morgan fingerprint density at radius 3 is 2.73 bits per heavy atom. The normalized spacial score (nSPS) is 21.0. The molecule has 2 atom stereocenters. The van der Waals surface area contributed by atoms with Gasteiger partial charge in [-0.25, -0.2) is 9.18 Å². The number of esters is 1. The predicted octanol–water partition coefficient (Wildman–Crippen LogP) is 2.22. The SMILES string of the molecule is C=C1NC(=O)N[C@H](c2ccc(F)cc2)[C@H]1C(=O)OCCSC. The Hall–Kier alpha value is -2.02. The van der Waals surface area contributed by atoms with Crippen molar-refractivity contribution in [1.29, 1.82) is 0 Å². The summed E-state index contributed by atoms with van der Waals surface area (Å²) in [5, 5.41) is 5.15. The van der Waals surface area contributed by atoms with Gasteiger partial charge in [-0.2, -0.15) is 11.8 Å². The van der Waals surface area contributed by atoms with E-state index in [1.165, 1.54) is 24.3 Å². The van der Waals surface area contributed by atoms with Crippen molar-refractivity contribution in [1.82, 2.24) is 10.6 Å². The number of halogens is 1. The molecule has 0 aliphatic carbocycles. The first kappa shape index (κ1) is 16.4. The van der Waals surface area contributed by atoms with Gasteiger partial charge in [0.25, 0.3) is 0 Å². The summed E-state index contributed by atoms with van der Waals surface area (Å²) < 4.78 is 18.3. The van der Waals surface area contributed by atoms with Crippen LogP contribution in [-0.4, -0.2) is 30.6 Å². The largest absolute Gasteiger partial charge is 0.464 e. The number of hydrogen-bond acceptors (Lipinski definition) is 4. The Labute approximate surface area is 132 Å². The first-order valence-corrected chi connectivity index (χ1v) is 8.09. The summed E-state index contributed by atoms with van der Waals surface area (Å²) in [6.45, 7) is 4.02. The van der Waals surface area contributed by atoms with Gasteiger partial charge in [0.15, 0.2) is 0 Å². The summed E-state index contributed by atoms with van der Waals surface area (Å²) in [7, 11) is 0. The third-order valence-electron chi connectivity index (χ3n) is 3.28. The van der Waals surface area contributed by atoms with E-state index >= 15 is 0 Å². The molecule has 1 aliphatic heterocycles. The lowest BCUT2D eigenvalue weighted by Crippen LogP contribution is -2.51. The molecule has 1 heterocycles. The van der Waals surface area contributed by atoms with Crippen LogP contribution in [0.5, 0.6) is 0 Å². The number of rotatable bonds is 5. The minimum atomic E-state index is -0.759. The molecule has 2 rings (SSSR count). The molecule has 1 aliphatic rings. The third kappa shape index (κ3) is 3.79. The second-order valence-corrected chi connectivity index (χ2v) is 5.78. The average Bonchev–Trinajstić information content (AvgIpc) is 2.47. The van der Waals surface area contributed by atoms with E-state index in [-0.39, 0.29) is 18.1 Å². The number of urea groups is 1. The van der Waals surface area contributed by atoms with Gasteiger partial charge in [-0.3, -0.25) is 4.79 Å². The Morgan fingerprint density at radius 1 is 1.41 bits per heavy atom. The van der Waals surface area contributed by atoms with Gasteiger partial charge < -0.3 is 15.4 Å². The van der Waals surface area contributed by atoms with E-state index in [1.54, 1.807) is 11.8 Å². The van der Waals surface area contributed by atoms with E-state index in [9.17, 15) is 14.0 Å². The molecule has 0 aromatic heterocycles. The molecule has 0 saturated carbocycles. The standard InChI is InChI=1S/C15H17FN2O3S/c1-9-12(14(19)21-7-8-22-2)13(18-15(20)17-9)10-3-5-11(16)6-4-10/h3-6,12-13H,1,7-8H2,2H3,(H2,17,18,20)/t12-,13+/m0/s1. The lowest BCUT2D eigenvalue weighted by Gasteiger charge is -2.33. The second kappa shape index (κ2) is 7.31. The molecule has 0 unspecified atom stereocenters. The van der Waals surface area contributed by atoms with Crippen molar-refractivity contribution < 1.29 is 18.7 Å². The van der Waals surface area contributed by atoms with E-state index in [1.807, 2.05) is 6.26 Å². The third-order valence-corrected chi connectivity index (χ3v) is 3.86. The van der Waals surface area contributed by atoms with Crippen LogP contribution < -0.4 is 10.6 Å². The maximum absolute atomic E-state index is 13.1. The quantitative estimate of drug-likeness (QED) is 0.644. The highest BCUT2D eigenvalue weighted by atomic mass is 32.2. The Balaban J connectivity index is 2.21. The second-order valence-electron chi connectivity index (χ2n) is 4.79. The Morgan fingerprint density at radius 2 is 2.09 bits per heavy atom. The van der Waals surface area contributed by atoms with Gasteiger partial charge in [0.05, 0.1) is 6.04 Å². The zero-order chi connectivity index (χ0) is 16.1. The summed E-state index contributed by atoms with van der Waals surface area (Å²) in [6, 6.07) is 4.53. The molecule has 1 aromatic carbocycles. The number of hydrogen-bond donors (Lipinski definition) is 2. The van der Waals surface area contributed by atoms with Crippen LogP contribution in [0.25, 0.3) is 0 Å². The van der Waals surface area contributed by atoms with Crippen LogP contribution in [0.15, 0.2) is 36.5 Å². The van der Waals surface area contributed by atoms with Crippen LogP contribution in [0.2, 0.25) is 0 Å². The Bertz CT molecular complexity index is 577. The number of amides is 2. The fourth-order valence-corrected chi connectivity index (χ4v) is 2.48. The summed E-state index contributed by atoms with van der Waals surface area (Å²) in [4.78, 5) is 23.9. The van der Waals surface area contributed by atoms with Gasteiger partial charge in [0.1, 0.15) is 18.3 Å². The zero-order valence-corrected chi connectivity index (χ0v) is 12.9. The zero-order valence-electron chi connectivity index (χ0n) is 12.1. The van der Waals surface area contributed by atoms with Crippen LogP contribution in [0.3, 0.4) is 0 Å². The van der Waals surface area contributed by atoms with Crippen LogP contribution in [0, 0.1) is 11.7 Å². The van der Waals surface area contributed by atoms with Crippen LogP contribution in [0.4, 0.5) is 9.18 Å². The number of thioether (sulfide) groups is 1. The summed E-state index contributed by atoms with van der Waals surface area (Å²) in [6.07, 6.45) is 1.91. The molecule has 0 spiro atoms. The van der Waals surface area contributed by atoms with Gasteiger partial charge >= 0.3 is 12.0 Å². The number of nitrogens with one attached hydrogen (secondary N) is 2. The number of benzene rings is 1. The lowest BCUT2D eigenvalue weighted by atomic mass is 9.89. The summed E-state index contributed by atoms with van der Waals surface area (Å²) >= 11 is 1.56. The maximum Gasteiger partial charge on any atom is 0.319 e. The van der Waals surface area contributed by atoms with E-state index in [0.717, 1.165) is 0 Å². The van der Waals surface area contributed by atoms with Crippen molar-refractivity contribution in [3.63, 3.8) is 0 Å². The molecule has 7 heteroatoms. The topological polar surface area (TPSA) is 67.4 Å². The molecule has 5 nitrogen and oxygen atoms in total. The van der Waals surface area contributed by atoms with E-state index in [4.69, 9.17) is 4.74 Å². The lowest BCUT2D eigenvalue weighted by molar-refractivity contribution is -0.147. The van der Waals surface area contributed by atoms with Gasteiger partial charge in [-0.1, -0.05) is 18.7 Å². The van der Waals surface area contributed by atoms with Crippen molar-refractivity contribution in [3.8, 4) is 0 Å². The highest BCUT2D eigenvalue weighted by molar-refractivity contribution is 7.98. The highest BCUT2D eigenvalue weighted by Gasteiger charge is 2.38. The molecular formula is C15H17FN2O3S. The molecular weight excluding hydrogens is 307 g/mol. The van der Waals surface area contributed by atoms with Crippen LogP contribution in [-0.2, 0) is 9.53 Å². The van der Waals surface area contributed by atoms with E-state index in [0.29, 0.717) is 11.3 Å². The molecule has 118 valence electrons. The van der Waals surface area contributed by atoms with Gasteiger partial charge in [0, 0.05) is 11.4 Å². The van der Waals surface area contributed by atoms with Crippen molar-refractivity contribution >= 4 is 23.8 Å². The van der Waals surface area contributed by atoms with Crippen molar-refractivity contribution in [3.05, 3.63) is 47.9 Å². The van der Waals surface area contributed by atoms with Gasteiger partial charge in [-0.05, 0) is 24.0 Å². The van der Waals surface area contributed by atoms with Crippen molar-refractivity contribution in [2.24, 2.45) is 5.92 Å². The molecule has 0 bridgehead atoms. The minimum Gasteiger partial charge on any atom is -0.464 e. The molecule has 1 aromatic rings. The van der Waals surface area contributed by atoms with Crippen molar-refractivity contribution in [2.45, 2.75) is 6.04 Å². The summed E-state index contributed by atoms with van der Waals surface area (Å²) in [5.74, 6) is -0.931. The molecule has 2 amide bonds. The minimum absolute atomic E-state index is 0.271. The number of ether oxygens (including phenoxy) is 1. The molecule has 1 fully saturated rings. The average molecular weight is 324 g/mol. The van der Waals surface area contributed by atoms with Gasteiger partial charge in [0.2, 0.25) is 0 Å². The molecule has 1 saturated heterocycles. The summed E-state index contributed by atoms with van der Waals surface area (Å²) in [5.41, 5.74) is 0.886. The first-order valence-electron chi connectivity index (χ1n) is 6.70. The smallest absolute Gasteiger partial charge is 0.319 e. The van der Waals surface area contributed by atoms with Crippen LogP contribution in [0.1, 0.15) is 11.6 Å². The first-order chi connectivity index (χ1) is 10.5. The number of carbonyl (C=O) groups is 2. The molecule has 0 radical (unpaired) electrons. The van der Waals surface area contributed by atoms with Crippen LogP contribution >= 0.6 is 11.8 Å². The van der Waals surface area contributed by atoms with E-state index < -0.39 is 24.0 Å². The van der Waals surface area contributed by atoms with E-state index in [2.05, 4.69) is 17.2 Å². The highest BCUT2D eigenvalue weighted by Crippen LogP contribution is 2.30. The molecule has 2 N–H and O–H groups in total.